The molecule has 2 fully saturated rings. The van der Waals surface area contributed by atoms with Crippen LogP contribution >= 0.6 is 0 Å². The Morgan fingerprint density at radius 2 is 1.65 bits per heavy atom. The Labute approximate surface area is 200 Å². The van der Waals surface area contributed by atoms with Crippen LogP contribution in [0.3, 0.4) is 0 Å². The summed E-state index contributed by atoms with van der Waals surface area (Å²) in [6.45, 7) is 5.35. The first-order valence-electron chi connectivity index (χ1n) is 11.8. The van der Waals surface area contributed by atoms with Crippen molar-refractivity contribution in [2.45, 2.75) is 31.7 Å². The van der Waals surface area contributed by atoms with Gasteiger partial charge >= 0.3 is 0 Å². The number of halogens is 1. The molecule has 1 amide bonds. The zero-order chi connectivity index (χ0) is 24.0. The van der Waals surface area contributed by atoms with Gasteiger partial charge in [-0.2, -0.15) is 0 Å². The second-order valence-corrected chi connectivity index (χ2v) is 11.0. The Bertz CT molecular complexity index is 1060. The van der Waals surface area contributed by atoms with Gasteiger partial charge in [-0.05, 0) is 41.7 Å². The van der Waals surface area contributed by atoms with Crippen molar-refractivity contribution in [2.75, 3.05) is 39.4 Å². The van der Waals surface area contributed by atoms with Crippen LogP contribution in [0.15, 0.2) is 48.5 Å². The molecule has 0 aliphatic carbocycles. The Balaban J connectivity index is 1.23. The van der Waals surface area contributed by atoms with Crippen molar-refractivity contribution in [3.8, 4) is 0 Å². The first-order chi connectivity index (χ1) is 16.4. The van der Waals surface area contributed by atoms with E-state index in [-0.39, 0.29) is 17.6 Å². The van der Waals surface area contributed by atoms with E-state index in [0.717, 1.165) is 38.4 Å². The molecule has 0 bridgehead atoms. The molecular weight excluding hydrogens is 457 g/mol. The third-order valence-electron chi connectivity index (χ3n) is 6.45. The molecule has 2 aliphatic heterocycles. The highest BCUT2D eigenvalue weighted by Crippen LogP contribution is 2.22. The molecule has 0 atom stereocenters. The fourth-order valence-electron chi connectivity index (χ4n) is 4.47. The maximum Gasteiger partial charge on any atom is 0.223 e. The number of carbonyl (C=O) groups is 1. The van der Waals surface area contributed by atoms with E-state index in [1.54, 1.807) is 0 Å². The van der Waals surface area contributed by atoms with Gasteiger partial charge < -0.3 is 10.1 Å². The molecule has 0 saturated carbocycles. The predicted octanol–water partition coefficient (Wildman–Crippen LogP) is 2.52. The van der Waals surface area contributed by atoms with Gasteiger partial charge in [0, 0.05) is 45.2 Å². The third kappa shape index (κ3) is 6.85. The highest BCUT2D eigenvalue weighted by Gasteiger charge is 2.31. The Hall–Kier alpha value is -2.33. The number of rotatable bonds is 8. The maximum absolute atomic E-state index is 13.1. The van der Waals surface area contributed by atoms with Gasteiger partial charge in [0.05, 0.1) is 19.0 Å². The second kappa shape index (κ2) is 11.4. The van der Waals surface area contributed by atoms with Crippen LogP contribution < -0.4 is 5.32 Å². The molecule has 2 aliphatic rings. The first-order valence-corrected chi connectivity index (χ1v) is 13.4. The molecule has 34 heavy (non-hydrogen) atoms. The number of amides is 1. The van der Waals surface area contributed by atoms with Crippen molar-refractivity contribution in [2.24, 2.45) is 5.92 Å². The van der Waals surface area contributed by atoms with Gasteiger partial charge in [-0.3, -0.25) is 9.69 Å². The Morgan fingerprint density at radius 1 is 0.971 bits per heavy atom. The smallest absolute Gasteiger partial charge is 0.223 e. The van der Waals surface area contributed by atoms with Crippen molar-refractivity contribution in [3.63, 3.8) is 0 Å². The minimum absolute atomic E-state index is 0.0332. The molecule has 0 unspecified atom stereocenters. The molecule has 0 radical (unpaired) electrons. The molecule has 2 aromatic rings. The lowest BCUT2D eigenvalue weighted by Gasteiger charge is -2.30. The number of piperidine rings is 1. The average molecular weight is 490 g/mol. The fraction of sp³-hybridized carbons (Fsp3) is 0.480. The summed E-state index contributed by atoms with van der Waals surface area (Å²) in [6.07, 6.45) is 0.983. The van der Waals surface area contributed by atoms with Gasteiger partial charge in [0.1, 0.15) is 5.82 Å². The number of benzene rings is 2. The highest BCUT2D eigenvalue weighted by molar-refractivity contribution is 7.88. The number of carbonyl (C=O) groups excluding carboxylic acids is 1. The van der Waals surface area contributed by atoms with Gasteiger partial charge in [0.2, 0.25) is 15.9 Å². The molecule has 4 rings (SSSR count). The molecule has 0 aromatic heterocycles. The van der Waals surface area contributed by atoms with Crippen molar-refractivity contribution in [1.82, 2.24) is 14.5 Å². The van der Waals surface area contributed by atoms with Gasteiger partial charge in [-0.1, -0.05) is 36.4 Å². The van der Waals surface area contributed by atoms with Crippen LogP contribution in [0.2, 0.25) is 0 Å². The van der Waals surface area contributed by atoms with Crippen LogP contribution in [0.1, 0.15) is 29.5 Å². The van der Waals surface area contributed by atoms with Crippen LogP contribution in [0.5, 0.6) is 0 Å². The number of nitrogens with zero attached hydrogens (tertiary/aromatic N) is 2. The quantitative estimate of drug-likeness (QED) is 0.617. The summed E-state index contributed by atoms with van der Waals surface area (Å²) in [7, 11) is -3.50. The van der Waals surface area contributed by atoms with E-state index in [0.29, 0.717) is 38.0 Å². The first kappa shape index (κ1) is 24.8. The highest BCUT2D eigenvalue weighted by atomic mass is 32.2. The van der Waals surface area contributed by atoms with Crippen molar-refractivity contribution >= 4 is 15.9 Å². The normalized spacial score (nSPS) is 18.6. The summed E-state index contributed by atoms with van der Waals surface area (Å²) in [4.78, 5) is 15.1. The average Bonchev–Trinajstić information content (AvgIpc) is 2.85. The SMILES string of the molecule is O=C(NCc1cccc(CN2CCOCC2)c1)C1CCN(S(=O)(=O)Cc2ccc(F)cc2)CC1. The largest absolute Gasteiger partial charge is 0.379 e. The van der Waals surface area contributed by atoms with Gasteiger partial charge in [0.15, 0.2) is 0 Å². The molecule has 9 heteroatoms. The van der Waals surface area contributed by atoms with Crippen molar-refractivity contribution in [1.29, 1.82) is 0 Å². The molecule has 2 aromatic carbocycles. The minimum atomic E-state index is -3.50. The zero-order valence-electron chi connectivity index (χ0n) is 19.3. The van der Waals surface area contributed by atoms with E-state index in [2.05, 4.69) is 22.3 Å². The number of ether oxygens (including phenoxy) is 1. The number of nitrogens with one attached hydrogen (secondary N) is 1. The summed E-state index contributed by atoms with van der Waals surface area (Å²) >= 11 is 0. The maximum atomic E-state index is 13.1. The molecule has 0 spiro atoms. The monoisotopic (exact) mass is 489 g/mol. The summed E-state index contributed by atoms with van der Waals surface area (Å²) in [6, 6.07) is 13.8. The summed E-state index contributed by atoms with van der Waals surface area (Å²) in [5.74, 6) is -0.787. The van der Waals surface area contributed by atoms with Gasteiger partial charge in [0.25, 0.3) is 0 Å². The summed E-state index contributed by atoms with van der Waals surface area (Å²) in [5.41, 5.74) is 2.82. The third-order valence-corrected chi connectivity index (χ3v) is 8.30. The zero-order valence-corrected chi connectivity index (χ0v) is 20.1. The molecular formula is C25H32FN3O4S. The van der Waals surface area contributed by atoms with E-state index in [1.807, 2.05) is 12.1 Å². The summed E-state index contributed by atoms with van der Waals surface area (Å²) < 4.78 is 45.4. The number of hydrogen-bond donors (Lipinski definition) is 1. The van der Waals surface area contributed by atoms with Crippen LogP contribution in [0.4, 0.5) is 4.39 Å². The molecule has 7 nitrogen and oxygen atoms in total. The van der Waals surface area contributed by atoms with E-state index in [4.69, 9.17) is 4.74 Å². The van der Waals surface area contributed by atoms with Crippen LogP contribution in [-0.2, 0) is 38.4 Å². The van der Waals surface area contributed by atoms with Crippen LogP contribution in [-0.4, -0.2) is 62.9 Å². The number of morpholine rings is 1. The van der Waals surface area contributed by atoms with Crippen molar-refractivity contribution in [3.05, 3.63) is 71.0 Å². The second-order valence-electron chi connectivity index (χ2n) is 8.98. The minimum Gasteiger partial charge on any atom is -0.379 e. The molecule has 2 heterocycles. The fourth-order valence-corrected chi connectivity index (χ4v) is 6.03. The topological polar surface area (TPSA) is 79.0 Å². The van der Waals surface area contributed by atoms with Crippen LogP contribution in [0.25, 0.3) is 0 Å². The van der Waals surface area contributed by atoms with Crippen LogP contribution in [0, 0.1) is 11.7 Å². The van der Waals surface area contributed by atoms with E-state index in [9.17, 15) is 17.6 Å². The lowest BCUT2D eigenvalue weighted by Crippen LogP contribution is -2.43. The standard InChI is InChI=1S/C25H32FN3O4S/c26-24-6-4-20(5-7-24)19-34(31,32)29-10-8-23(9-11-29)25(30)27-17-21-2-1-3-22(16-21)18-28-12-14-33-15-13-28/h1-7,16,23H,8-15,17-19H2,(H,27,30). The van der Waals surface area contributed by atoms with E-state index in [1.165, 1.54) is 34.1 Å². The lowest BCUT2D eigenvalue weighted by atomic mass is 9.97. The Morgan fingerprint density at radius 3 is 2.35 bits per heavy atom. The Kier molecular flexibility index (Phi) is 8.31. The molecule has 184 valence electrons. The van der Waals surface area contributed by atoms with Gasteiger partial charge in [-0.25, -0.2) is 17.1 Å². The lowest BCUT2D eigenvalue weighted by molar-refractivity contribution is -0.126. The van der Waals surface area contributed by atoms with E-state index < -0.39 is 15.8 Å². The summed E-state index contributed by atoms with van der Waals surface area (Å²) in [5, 5.41) is 3.02. The molecule has 2 saturated heterocycles. The van der Waals surface area contributed by atoms with Gasteiger partial charge in [-0.15, -0.1) is 0 Å². The number of sulfonamides is 1. The van der Waals surface area contributed by atoms with E-state index >= 15 is 0 Å². The number of hydrogen-bond acceptors (Lipinski definition) is 5. The van der Waals surface area contributed by atoms with Crippen molar-refractivity contribution < 1.29 is 22.3 Å². The predicted molar refractivity (Wildman–Crippen MR) is 128 cm³/mol. The molecule has 1 N–H and O–H groups in total.